The molecule has 0 aromatic heterocycles. The molecule has 1 aromatic rings. The average molecular weight is 317 g/mol. The van der Waals surface area contributed by atoms with E-state index in [2.05, 4.69) is 20.3 Å². The smallest absolute Gasteiger partial charge is 0.283 e. The minimum atomic E-state index is -3.64. The molecule has 0 fully saturated rings. The summed E-state index contributed by atoms with van der Waals surface area (Å²) in [5.74, 6) is 0.546. The first-order valence-electron chi connectivity index (χ1n) is 4.67. The van der Waals surface area contributed by atoms with E-state index < -0.39 is 10.0 Å². The summed E-state index contributed by atoms with van der Waals surface area (Å²) in [5, 5.41) is 0. The standard InChI is InChI=1S/C10H9BrN2O3S/c11-8-3-1-2-4-9(8)16-6-7-5-10(12)13-17(7,14)15/h1-5H,6H2,(H2,12,13). The van der Waals surface area contributed by atoms with E-state index in [1.165, 1.54) is 6.08 Å². The first kappa shape index (κ1) is 12.1. The van der Waals surface area contributed by atoms with Crippen LogP contribution in [0.4, 0.5) is 0 Å². The lowest BCUT2D eigenvalue weighted by molar-refractivity contribution is 0.356. The van der Waals surface area contributed by atoms with E-state index in [-0.39, 0.29) is 17.3 Å². The van der Waals surface area contributed by atoms with Gasteiger partial charge in [0.15, 0.2) is 0 Å². The number of hydrogen-bond acceptors (Lipinski definition) is 4. The second kappa shape index (κ2) is 4.50. The number of amidine groups is 1. The minimum absolute atomic E-state index is 0.0178. The fourth-order valence-corrected chi connectivity index (χ4v) is 2.61. The SMILES string of the molecule is NC1=NS(=O)(=O)C(COc2ccccc2Br)=C1. The molecule has 0 unspecified atom stereocenters. The molecule has 1 aliphatic heterocycles. The van der Waals surface area contributed by atoms with Gasteiger partial charge in [-0.15, -0.1) is 4.40 Å². The van der Waals surface area contributed by atoms with Gasteiger partial charge in [-0.05, 0) is 28.1 Å². The Morgan fingerprint density at radius 1 is 1.35 bits per heavy atom. The van der Waals surface area contributed by atoms with Gasteiger partial charge in [-0.2, -0.15) is 8.42 Å². The molecule has 0 saturated heterocycles. The van der Waals surface area contributed by atoms with Crippen molar-refractivity contribution >= 4 is 31.8 Å². The molecular formula is C10H9BrN2O3S. The van der Waals surface area contributed by atoms with Crippen LogP contribution < -0.4 is 10.5 Å². The Morgan fingerprint density at radius 2 is 2.06 bits per heavy atom. The summed E-state index contributed by atoms with van der Waals surface area (Å²) in [7, 11) is -3.64. The molecule has 1 aliphatic rings. The Morgan fingerprint density at radius 3 is 2.65 bits per heavy atom. The summed E-state index contributed by atoms with van der Waals surface area (Å²) in [5.41, 5.74) is 5.33. The molecular weight excluding hydrogens is 308 g/mol. The highest BCUT2D eigenvalue weighted by atomic mass is 79.9. The van der Waals surface area contributed by atoms with Gasteiger partial charge >= 0.3 is 0 Å². The van der Waals surface area contributed by atoms with Crippen LogP contribution in [0.5, 0.6) is 5.75 Å². The van der Waals surface area contributed by atoms with Crippen molar-refractivity contribution < 1.29 is 13.2 Å². The second-order valence-electron chi connectivity index (χ2n) is 3.32. The summed E-state index contributed by atoms with van der Waals surface area (Å²) in [4.78, 5) is 0.0609. The number of nitrogens with zero attached hydrogens (tertiary/aromatic N) is 1. The van der Waals surface area contributed by atoms with Crippen LogP contribution in [0.1, 0.15) is 0 Å². The highest BCUT2D eigenvalue weighted by Gasteiger charge is 2.23. The molecule has 0 atom stereocenters. The number of ether oxygens (including phenoxy) is 1. The monoisotopic (exact) mass is 316 g/mol. The highest BCUT2D eigenvalue weighted by molar-refractivity contribution is 9.10. The molecule has 1 heterocycles. The van der Waals surface area contributed by atoms with E-state index in [4.69, 9.17) is 10.5 Å². The predicted octanol–water partition coefficient (Wildman–Crippen LogP) is 1.41. The van der Waals surface area contributed by atoms with Gasteiger partial charge in [-0.1, -0.05) is 12.1 Å². The lowest BCUT2D eigenvalue weighted by atomic mass is 10.3. The Bertz CT molecular complexity index is 608. The van der Waals surface area contributed by atoms with Crippen LogP contribution in [0.3, 0.4) is 0 Å². The third-order valence-corrected chi connectivity index (χ3v) is 4.08. The first-order chi connectivity index (χ1) is 7.99. The maximum atomic E-state index is 11.5. The topological polar surface area (TPSA) is 81.8 Å². The molecule has 17 heavy (non-hydrogen) atoms. The summed E-state index contributed by atoms with van der Waals surface area (Å²) < 4.78 is 32.4. The lowest BCUT2D eigenvalue weighted by Gasteiger charge is -2.07. The first-order valence-corrected chi connectivity index (χ1v) is 6.91. The molecule has 2 N–H and O–H groups in total. The number of nitrogens with two attached hydrogens (primary N) is 1. The summed E-state index contributed by atoms with van der Waals surface area (Å²) in [6.07, 6.45) is 1.30. The molecule has 0 aliphatic carbocycles. The molecule has 0 saturated carbocycles. The summed E-state index contributed by atoms with van der Waals surface area (Å²) in [6, 6.07) is 7.17. The third-order valence-electron chi connectivity index (χ3n) is 2.07. The van der Waals surface area contributed by atoms with Crippen molar-refractivity contribution in [3.05, 3.63) is 39.7 Å². The molecule has 0 radical (unpaired) electrons. The molecule has 0 spiro atoms. The molecule has 1 aromatic carbocycles. The minimum Gasteiger partial charge on any atom is -0.487 e. The van der Waals surface area contributed by atoms with E-state index in [1.807, 2.05) is 6.07 Å². The van der Waals surface area contributed by atoms with Crippen LogP contribution in [0, 0.1) is 0 Å². The van der Waals surface area contributed by atoms with Crippen LogP contribution in [0.15, 0.2) is 44.1 Å². The van der Waals surface area contributed by atoms with Gasteiger partial charge < -0.3 is 10.5 Å². The zero-order valence-corrected chi connectivity index (χ0v) is 11.0. The average Bonchev–Trinajstić information content (AvgIpc) is 2.50. The van der Waals surface area contributed by atoms with Crippen LogP contribution in [0.2, 0.25) is 0 Å². The Balaban J connectivity index is 2.11. The van der Waals surface area contributed by atoms with Gasteiger partial charge in [0, 0.05) is 6.08 Å². The van der Waals surface area contributed by atoms with Crippen LogP contribution in [-0.4, -0.2) is 20.9 Å². The van der Waals surface area contributed by atoms with Gasteiger partial charge in [0.05, 0.1) is 4.47 Å². The second-order valence-corrected chi connectivity index (χ2v) is 5.83. The van der Waals surface area contributed by atoms with Gasteiger partial charge in [0.2, 0.25) is 0 Å². The number of halogens is 1. The third kappa shape index (κ3) is 2.67. The number of para-hydroxylation sites is 1. The van der Waals surface area contributed by atoms with Gasteiger partial charge in [-0.3, -0.25) is 0 Å². The van der Waals surface area contributed by atoms with E-state index in [0.717, 1.165) is 4.47 Å². The lowest BCUT2D eigenvalue weighted by Crippen LogP contribution is -2.07. The van der Waals surface area contributed by atoms with Crippen molar-refractivity contribution in [2.75, 3.05) is 6.61 Å². The van der Waals surface area contributed by atoms with E-state index in [9.17, 15) is 8.42 Å². The zero-order chi connectivity index (χ0) is 12.5. The predicted molar refractivity (Wildman–Crippen MR) is 68.3 cm³/mol. The van der Waals surface area contributed by atoms with Crippen molar-refractivity contribution in [3.8, 4) is 5.75 Å². The van der Waals surface area contributed by atoms with Gasteiger partial charge in [0.25, 0.3) is 10.0 Å². The number of hydrogen-bond donors (Lipinski definition) is 1. The molecule has 7 heteroatoms. The van der Waals surface area contributed by atoms with Gasteiger partial charge in [0.1, 0.15) is 23.1 Å². The largest absolute Gasteiger partial charge is 0.487 e. The van der Waals surface area contributed by atoms with E-state index in [0.29, 0.717) is 5.75 Å². The molecule has 2 rings (SSSR count). The summed E-state index contributed by atoms with van der Waals surface area (Å²) >= 11 is 3.30. The molecule has 90 valence electrons. The van der Waals surface area contributed by atoms with Crippen LogP contribution in [-0.2, 0) is 10.0 Å². The highest BCUT2D eigenvalue weighted by Crippen LogP contribution is 2.25. The zero-order valence-electron chi connectivity index (χ0n) is 8.63. The van der Waals surface area contributed by atoms with Crippen molar-refractivity contribution in [2.24, 2.45) is 10.1 Å². The molecule has 0 amide bonds. The number of rotatable bonds is 3. The van der Waals surface area contributed by atoms with Gasteiger partial charge in [-0.25, -0.2) is 0 Å². The Hall–Kier alpha value is -1.34. The fourth-order valence-electron chi connectivity index (χ4n) is 1.29. The maximum Gasteiger partial charge on any atom is 0.283 e. The van der Waals surface area contributed by atoms with E-state index in [1.54, 1.807) is 18.2 Å². The van der Waals surface area contributed by atoms with Crippen molar-refractivity contribution in [1.82, 2.24) is 0 Å². The Kier molecular flexibility index (Phi) is 3.21. The fraction of sp³-hybridized carbons (Fsp3) is 0.100. The van der Waals surface area contributed by atoms with Crippen LogP contribution >= 0.6 is 15.9 Å². The summed E-state index contributed by atoms with van der Waals surface area (Å²) in [6.45, 7) is -0.0881. The molecule has 0 bridgehead atoms. The van der Waals surface area contributed by atoms with Crippen LogP contribution in [0.25, 0.3) is 0 Å². The Labute approximate surface area is 107 Å². The molecule has 5 nitrogen and oxygen atoms in total. The number of sulfonamides is 1. The maximum absolute atomic E-state index is 11.5. The number of benzene rings is 1. The van der Waals surface area contributed by atoms with Crippen molar-refractivity contribution in [2.45, 2.75) is 0 Å². The normalized spacial score (nSPS) is 17.5. The van der Waals surface area contributed by atoms with Crippen molar-refractivity contribution in [3.63, 3.8) is 0 Å². The van der Waals surface area contributed by atoms with E-state index >= 15 is 0 Å². The quantitative estimate of drug-likeness (QED) is 0.914. The van der Waals surface area contributed by atoms with Crippen molar-refractivity contribution in [1.29, 1.82) is 0 Å².